The molecule has 0 amide bonds. The molecule has 3 heteroatoms. The third kappa shape index (κ3) is 0.627. The molecular formula is C2H4O2Si. The fraction of sp³-hybridized carbons (Fsp3) is 1.00. The standard InChI is InChI=1S/C2H4O2Si/c3-5-2-1-4-2/h2,5H,1H2. The van der Waals surface area contributed by atoms with Crippen molar-refractivity contribution in [1.29, 1.82) is 0 Å². The van der Waals surface area contributed by atoms with Crippen LogP contribution in [0.4, 0.5) is 0 Å². The maximum absolute atomic E-state index is 9.65. The second-order valence-corrected chi connectivity index (χ2v) is 2.02. The Morgan fingerprint density at radius 2 is 2.60 bits per heavy atom. The van der Waals surface area contributed by atoms with Crippen molar-refractivity contribution in [3.63, 3.8) is 0 Å². The van der Waals surface area contributed by atoms with Crippen molar-refractivity contribution in [3.05, 3.63) is 0 Å². The molecule has 0 aromatic heterocycles. The van der Waals surface area contributed by atoms with E-state index in [-0.39, 0.29) is 5.73 Å². The minimum absolute atomic E-state index is 0.162. The Hall–Kier alpha value is -0.0231. The molecule has 0 spiro atoms. The van der Waals surface area contributed by atoms with Crippen LogP contribution >= 0.6 is 0 Å². The van der Waals surface area contributed by atoms with E-state index >= 15 is 0 Å². The van der Waals surface area contributed by atoms with Gasteiger partial charge in [-0.25, -0.2) is 0 Å². The third-order valence-corrected chi connectivity index (χ3v) is 1.20. The molecule has 1 atom stereocenters. The molecule has 0 aromatic carbocycles. The topological polar surface area (TPSA) is 29.6 Å². The van der Waals surface area contributed by atoms with Crippen molar-refractivity contribution in [2.45, 2.75) is 5.73 Å². The summed E-state index contributed by atoms with van der Waals surface area (Å²) >= 11 is 0. The van der Waals surface area contributed by atoms with E-state index in [0.29, 0.717) is 0 Å². The maximum Gasteiger partial charge on any atom is 0.293 e. The van der Waals surface area contributed by atoms with E-state index in [0.717, 1.165) is 6.61 Å². The summed E-state index contributed by atoms with van der Waals surface area (Å²) in [5.74, 6) is 0. The largest absolute Gasteiger partial charge is 0.389 e. The van der Waals surface area contributed by atoms with Gasteiger partial charge in [-0.3, -0.25) is 0 Å². The zero-order valence-electron chi connectivity index (χ0n) is 2.68. The predicted octanol–water partition coefficient (Wildman–Crippen LogP) is -0.875. The van der Waals surface area contributed by atoms with Crippen LogP contribution in [0, 0.1) is 0 Å². The Labute approximate surface area is 32.0 Å². The molecule has 2 nitrogen and oxygen atoms in total. The van der Waals surface area contributed by atoms with Gasteiger partial charge in [0.2, 0.25) is 0 Å². The lowest BCUT2D eigenvalue weighted by atomic mass is 11.0. The van der Waals surface area contributed by atoms with Crippen molar-refractivity contribution in [2.24, 2.45) is 0 Å². The maximum atomic E-state index is 9.65. The predicted molar refractivity (Wildman–Crippen MR) is 17.6 cm³/mol. The van der Waals surface area contributed by atoms with Gasteiger partial charge in [0.1, 0.15) is 5.73 Å². The van der Waals surface area contributed by atoms with Crippen LogP contribution in [0.1, 0.15) is 0 Å². The van der Waals surface area contributed by atoms with Crippen LogP contribution in [-0.2, 0) is 9.20 Å². The average Bonchev–Trinajstić information content (AvgIpc) is 2.12. The van der Waals surface area contributed by atoms with E-state index in [1.165, 1.54) is 0 Å². The van der Waals surface area contributed by atoms with Gasteiger partial charge in [0.25, 0.3) is 9.41 Å². The van der Waals surface area contributed by atoms with Crippen LogP contribution in [-0.4, -0.2) is 21.7 Å². The van der Waals surface area contributed by atoms with Crippen molar-refractivity contribution in [3.8, 4) is 0 Å². The van der Waals surface area contributed by atoms with Crippen LogP contribution in [0.25, 0.3) is 0 Å². The van der Waals surface area contributed by atoms with E-state index in [4.69, 9.17) is 0 Å². The highest BCUT2D eigenvalue weighted by atomic mass is 28.2. The molecule has 0 radical (unpaired) electrons. The molecule has 5 heavy (non-hydrogen) atoms. The molecular weight excluding hydrogens is 84.1 g/mol. The molecule has 1 saturated heterocycles. The van der Waals surface area contributed by atoms with E-state index in [1.54, 1.807) is 0 Å². The molecule has 0 bridgehead atoms. The minimum atomic E-state index is -0.630. The highest BCUT2D eigenvalue weighted by Crippen LogP contribution is 2.01. The second-order valence-electron chi connectivity index (χ2n) is 1.01. The van der Waals surface area contributed by atoms with Gasteiger partial charge in [0, 0.05) is 0 Å². The lowest BCUT2D eigenvalue weighted by molar-refractivity contribution is 0.444. The first-order valence-electron chi connectivity index (χ1n) is 1.50. The third-order valence-electron chi connectivity index (χ3n) is 0.511. The Kier molecular flexibility index (Phi) is 0.627. The van der Waals surface area contributed by atoms with Crippen molar-refractivity contribution in [2.75, 3.05) is 6.61 Å². The quantitative estimate of drug-likeness (QED) is 0.308. The van der Waals surface area contributed by atoms with Gasteiger partial charge in [-0.15, -0.1) is 0 Å². The molecule has 28 valence electrons. The summed E-state index contributed by atoms with van der Waals surface area (Å²) in [6, 6.07) is 0. The summed E-state index contributed by atoms with van der Waals surface area (Å²) in [7, 11) is -0.630. The number of hydrogen-bond donors (Lipinski definition) is 0. The van der Waals surface area contributed by atoms with Crippen LogP contribution in [0.3, 0.4) is 0 Å². The first kappa shape index (κ1) is 3.18. The zero-order chi connectivity index (χ0) is 3.70. The van der Waals surface area contributed by atoms with Crippen LogP contribution < -0.4 is 0 Å². The summed E-state index contributed by atoms with van der Waals surface area (Å²) in [5, 5.41) is 0. The highest BCUT2D eigenvalue weighted by Gasteiger charge is 2.20. The normalized spacial score (nSPS) is 33.2. The number of epoxide rings is 1. The molecule has 1 heterocycles. The van der Waals surface area contributed by atoms with Crippen LogP contribution in [0.5, 0.6) is 0 Å². The van der Waals surface area contributed by atoms with Crippen molar-refractivity contribution >= 4 is 9.41 Å². The highest BCUT2D eigenvalue weighted by molar-refractivity contribution is 6.20. The van der Waals surface area contributed by atoms with E-state index in [2.05, 4.69) is 4.74 Å². The molecule has 0 aromatic rings. The first-order chi connectivity index (χ1) is 2.43. The molecule has 1 rings (SSSR count). The SMILES string of the molecule is O=[SiH]C1CO1. The summed E-state index contributed by atoms with van der Waals surface area (Å²) < 4.78 is 14.2. The number of hydrogen-bond acceptors (Lipinski definition) is 2. The molecule has 1 aliphatic rings. The second kappa shape index (κ2) is 0.987. The van der Waals surface area contributed by atoms with E-state index in [9.17, 15) is 4.46 Å². The number of rotatable bonds is 1. The number of ether oxygens (including phenoxy) is 1. The zero-order valence-corrected chi connectivity index (χ0v) is 3.83. The van der Waals surface area contributed by atoms with Gasteiger partial charge in [0.15, 0.2) is 0 Å². The Morgan fingerprint density at radius 3 is 2.60 bits per heavy atom. The van der Waals surface area contributed by atoms with Gasteiger partial charge >= 0.3 is 0 Å². The summed E-state index contributed by atoms with van der Waals surface area (Å²) in [6.45, 7) is 0.735. The summed E-state index contributed by atoms with van der Waals surface area (Å²) in [6.07, 6.45) is 0. The van der Waals surface area contributed by atoms with Crippen molar-refractivity contribution < 1.29 is 9.20 Å². The van der Waals surface area contributed by atoms with E-state index in [1.807, 2.05) is 0 Å². The van der Waals surface area contributed by atoms with Crippen LogP contribution in [0.15, 0.2) is 0 Å². The molecule has 0 N–H and O–H groups in total. The average molecular weight is 88.1 g/mol. The Bertz CT molecular complexity index is 49.6. The first-order valence-corrected chi connectivity index (χ1v) is 2.64. The molecule has 1 aliphatic heterocycles. The molecule has 0 aliphatic carbocycles. The molecule has 0 saturated carbocycles. The smallest absolute Gasteiger partial charge is 0.293 e. The molecule has 1 unspecified atom stereocenters. The van der Waals surface area contributed by atoms with Gasteiger partial charge in [-0.05, 0) is 0 Å². The lowest BCUT2D eigenvalue weighted by Gasteiger charge is -1.51. The van der Waals surface area contributed by atoms with Gasteiger partial charge in [0.05, 0.1) is 6.61 Å². The minimum Gasteiger partial charge on any atom is -0.389 e. The van der Waals surface area contributed by atoms with Gasteiger partial charge in [-0.1, -0.05) is 0 Å². The Balaban J connectivity index is 2.21. The van der Waals surface area contributed by atoms with E-state index < -0.39 is 9.41 Å². The van der Waals surface area contributed by atoms with Gasteiger partial charge in [-0.2, -0.15) is 0 Å². The molecule has 1 fully saturated rings. The summed E-state index contributed by atoms with van der Waals surface area (Å²) in [4.78, 5) is 0. The Morgan fingerprint density at radius 1 is 2.00 bits per heavy atom. The monoisotopic (exact) mass is 88.0 g/mol. The van der Waals surface area contributed by atoms with Crippen molar-refractivity contribution in [1.82, 2.24) is 0 Å². The fourth-order valence-corrected chi connectivity index (χ4v) is 0.402. The summed E-state index contributed by atoms with van der Waals surface area (Å²) in [5.41, 5.74) is 0.162. The van der Waals surface area contributed by atoms with Gasteiger partial charge < -0.3 is 9.20 Å². The lowest BCUT2D eigenvalue weighted by Crippen LogP contribution is -1.82. The van der Waals surface area contributed by atoms with Crippen LogP contribution in [0.2, 0.25) is 0 Å². The fourth-order valence-electron chi connectivity index (χ4n) is 0.134.